The van der Waals surface area contributed by atoms with E-state index < -0.39 is 0 Å². The van der Waals surface area contributed by atoms with Crippen LogP contribution in [0.1, 0.15) is 32.8 Å². The lowest BCUT2D eigenvalue weighted by atomic mass is 9.94. The first-order valence-corrected chi connectivity index (χ1v) is 6.96. The van der Waals surface area contributed by atoms with E-state index in [0.717, 1.165) is 10.0 Å². The number of carbonyl (C=O) groups excluding carboxylic acids is 1. The van der Waals surface area contributed by atoms with Crippen molar-refractivity contribution >= 4 is 45.6 Å². The SMILES string of the molecule is Cc1cc(Br)cc(NC(=O)CC(C)C(C)C)c1N.Cl. The van der Waals surface area contributed by atoms with Crippen molar-refractivity contribution in [1.82, 2.24) is 0 Å². The van der Waals surface area contributed by atoms with Gasteiger partial charge in [0.25, 0.3) is 0 Å². The number of aryl methyl sites for hydroxylation is 1. The van der Waals surface area contributed by atoms with Crippen LogP contribution in [0.5, 0.6) is 0 Å². The number of anilines is 2. The molecule has 1 aromatic rings. The minimum atomic E-state index is 0. The number of nitrogen functional groups attached to an aromatic ring is 1. The molecule has 0 aromatic heterocycles. The molecule has 1 atom stereocenters. The fourth-order valence-corrected chi connectivity index (χ4v) is 2.16. The maximum absolute atomic E-state index is 11.9. The number of nitrogens with one attached hydrogen (secondary N) is 1. The van der Waals surface area contributed by atoms with Crippen molar-refractivity contribution in [2.45, 2.75) is 34.1 Å². The van der Waals surface area contributed by atoms with Gasteiger partial charge in [-0.05, 0) is 36.5 Å². The van der Waals surface area contributed by atoms with Gasteiger partial charge < -0.3 is 11.1 Å². The molecule has 0 heterocycles. The molecule has 0 saturated heterocycles. The van der Waals surface area contributed by atoms with Gasteiger partial charge in [-0.15, -0.1) is 12.4 Å². The minimum Gasteiger partial charge on any atom is -0.397 e. The molecule has 19 heavy (non-hydrogen) atoms. The maximum Gasteiger partial charge on any atom is 0.224 e. The smallest absolute Gasteiger partial charge is 0.224 e. The predicted molar refractivity (Wildman–Crippen MR) is 87.8 cm³/mol. The van der Waals surface area contributed by atoms with Gasteiger partial charge in [0.05, 0.1) is 11.4 Å². The number of hydrogen-bond acceptors (Lipinski definition) is 2. The number of halogens is 2. The molecule has 0 radical (unpaired) electrons. The lowest BCUT2D eigenvalue weighted by Gasteiger charge is -2.16. The Kier molecular flexibility index (Phi) is 7.45. The normalized spacial score (nSPS) is 11.9. The molecule has 0 aliphatic rings. The van der Waals surface area contributed by atoms with Gasteiger partial charge in [-0.25, -0.2) is 0 Å². The van der Waals surface area contributed by atoms with Crippen LogP contribution in [0.4, 0.5) is 11.4 Å². The van der Waals surface area contributed by atoms with E-state index in [-0.39, 0.29) is 18.3 Å². The summed E-state index contributed by atoms with van der Waals surface area (Å²) in [6.07, 6.45) is 0.517. The number of benzene rings is 1. The number of carbonyl (C=O) groups is 1. The first kappa shape index (κ1) is 18.3. The highest BCUT2D eigenvalue weighted by atomic mass is 79.9. The molecule has 1 unspecified atom stereocenters. The van der Waals surface area contributed by atoms with Crippen molar-refractivity contribution in [2.24, 2.45) is 11.8 Å². The van der Waals surface area contributed by atoms with Crippen LogP contribution >= 0.6 is 28.3 Å². The van der Waals surface area contributed by atoms with E-state index in [1.807, 2.05) is 19.1 Å². The largest absolute Gasteiger partial charge is 0.397 e. The topological polar surface area (TPSA) is 55.1 Å². The van der Waals surface area contributed by atoms with Crippen molar-refractivity contribution in [2.75, 3.05) is 11.1 Å². The Hall–Kier alpha value is -0.740. The summed E-state index contributed by atoms with van der Waals surface area (Å²) in [6, 6.07) is 3.77. The quantitative estimate of drug-likeness (QED) is 0.792. The Labute approximate surface area is 129 Å². The van der Waals surface area contributed by atoms with Crippen molar-refractivity contribution in [3.05, 3.63) is 22.2 Å². The van der Waals surface area contributed by atoms with E-state index in [4.69, 9.17) is 5.73 Å². The van der Waals surface area contributed by atoms with Gasteiger partial charge >= 0.3 is 0 Å². The van der Waals surface area contributed by atoms with Gasteiger partial charge in [-0.2, -0.15) is 0 Å². The molecule has 0 aliphatic heterocycles. The Morgan fingerprint density at radius 1 is 1.37 bits per heavy atom. The third kappa shape index (κ3) is 5.41. The molecule has 108 valence electrons. The number of hydrogen-bond donors (Lipinski definition) is 2. The van der Waals surface area contributed by atoms with Crippen molar-refractivity contribution in [3.63, 3.8) is 0 Å². The average Bonchev–Trinajstić information content (AvgIpc) is 2.24. The molecule has 0 aliphatic carbocycles. The van der Waals surface area contributed by atoms with Crippen molar-refractivity contribution in [3.8, 4) is 0 Å². The zero-order valence-electron chi connectivity index (χ0n) is 11.8. The number of rotatable bonds is 4. The second kappa shape index (κ2) is 7.75. The Bertz CT molecular complexity index is 449. The van der Waals surface area contributed by atoms with E-state index in [0.29, 0.717) is 29.6 Å². The van der Waals surface area contributed by atoms with Crippen LogP contribution in [0.2, 0.25) is 0 Å². The van der Waals surface area contributed by atoms with Gasteiger partial charge in [0.2, 0.25) is 5.91 Å². The van der Waals surface area contributed by atoms with E-state index in [2.05, 4.69) is 42.0 Å². The highest BCUT2D eigenvalue weighted by molar-refractivity contribution is 9.10. The summed E-state index contributed by atoms with van der Waals surface area (Å²) in [6.45, 7) is 8.25. The highest BCUT2D eigenvalue weighted by Gasteiger charge is 2.14. The first-order valence-electron chi connectivity index (χ1n) is 6.16. The third-order valence-corrected chi connectivity index (χ3v) is 3.73. The van der Waals surface area contributed by atoms with Crippen molar-refractivity contribution in [1.29, 1.82) is 0 Å². The van der Waals surface area contributed by atoms with Crippen LogP contribution in [0.25, 0.3) is 0 Å². The molecule has 1 amide bonds. The van der Waals surface area contributed by atoms with E-state index in [1.54, 1.807) is 0 Å². The Balaban J connectivity index is 0.00000324. The fourth-order valence-electron chi connectivity index (χ4n) is 1.59. The van der Waals surface area contributed by atoms with Crippen LogP contribution in [0.3, 0.4) is 0 Å². The third-order valence-electron chi connectivity index (χ3n) is 3.27. The minimum absolute atomic E-state index is 0. The van der Waals surface area contributed by atoms with Gasteiger partial charge in [0.15, 0.2) is 0 Å². The maximum atomic E-state index is 11.9. The van der Waals surface area contributed by atoms with Crippen LogP contribution in [-0.2, 0) is 4.79 Å². The molecule has 5 heteroatoms. The summed E-state index contributed by atoms with van der Waals surface area (Å²) in [5.41, 5.74) is 8.22. The molecule has 0 bridgehead atoms. The Morgan fingerprint density at radius 2 is 1.95 bits per heavy atom. The fraction of sp³-hybridized carbons (Fsp3) is 0.500. The molecule has 0 spiro atoms. The lowest BCUT2D eigenvalue weighted by molar-refractivity contribution is -0.117. The van der Waals surface area contributed by atoms with E-state index in [1.165, 1.54) is 0 Å². The average molecular weight is 350 g/mol. The van der Waals surface area contributed by atoms with Gasteiger partial charge in [-0.1, -0.05) is 36.7 Å². The van der Waals surface area contributed by atoms with Crippen LogP contribution in [-0.4, -0.2) is 5.91 Å². The first-order chi connectivity index (χ1) is 8.31. The number of nitrogens with two attached hydrogens (primary N) is 1. The monoisotopic (exact) mass is 348 g/mol. The zero-order valence-corrected chi connectivity index (χ0v) is 14.2. The van der Waals surface area contributed by atoms with Gasteiger partial charge in [-0.3, -0.25) is 4.79 Å². The highest BCUT2D eigenvalue weighted by Crippen LogP contribution is 2.28. The Morgan fingerprint density at radius 3 is 2.47 bits per heavy atom. The van der Waals surface area contributed by atoms with Crippen molar-refractivity contribution < 1.29 is 4.79 Å². The van der Waals surface area contributed by atoms with Gasteiger partial charge in [0, 0.05) is 10.9 Å². The van der Waals surface area contributed by atoms with E-state index >= 15 is 0 Å². The zero-order chi connectivity index (χ0) is 13.9. The number of amides is 1. The van der Waals surface area contributed by atoms with Crippen LogP contribution in [0, 0.1) is 18.8 Å². The molecule has 0 saturated carbocycles. The molecule has 1 rings (SSSR count). The van der Waals surface area contributed by atoms with Gasteiger partial charge in [0.1, 0.15) is 0 Å². The summed E-state index contributed by atoms with van der Waals surface area (Å²) in [5.74, 6) is 0.872. The second-order valence-electron chi connectivity index (χ2n) is 5.16. The molecule has 0 fully saturated rings. The molecule has 3 nitrogen and oxygen atoms in total. The summed E-state index contributed by atoms with van der Waals surface area (Å²) < 4.78 is 0.918. The molecular formula is C14H22BrClN2O. The molecular weight excluding hydrogens is 328 g/mol. The summed E-state index contributed by atoms with van der Waals surface area (Å²) >= 11 is 3.40. The molecule has 3 N–H and O–H groups in total. The van der Waals surface area contributed by atoms with E-state index in [9.17, 15) is 4.79 Å². The summed E-state index contributed by atoms with van der Waals surface area (Å²) in [5, 5.41) is 2.88. The molecule has 1 aromatic carbocycles. The lowest BCUT2D eigenvalue weighted by Crippen LogP contribution is -2.18. The second-order valence-corrected chi connectivity index (χ2v) is 6.07. The summed E-state index contributed by atoms with van der Waals surface area (Å²) in [7, 11) is 0. The standard InChI is InChI=1S/C14H21BrN2O.ClH/c1-8(2)9(3)6-13(18)17-12-7-11(15)5-10(4)14(12)16;/h5,7-9H,6,16H2,1-4H3,(H,17,18);1H. The van der Waals surface area contributed by atoms with Crippen LogP contribution in [0.15, 0.2) is 16.6 Å². The summed E-state index contributed by atoms with van der Waals surface area (Å²) in [4.78, 5) is 11.9. The van der Waals surface area contributed by atoms with Crippen LogP contribution < -0.4 is 11.1 Å². The predicted octanol–water partition coefficient (Wildman–Crippen LogP) is 4.38.